The summed E-state index contributed by atoms with van der Waals surface area (Å²) < 4.78 is 40.2. The quantitative estimate of drug-likeness (QED) is 0.456. The van der Waals surface area contributed by atoms with E-state index >= 15 is 0 Å². The zero-order valence-electron chi connectivity index (χ0n) is 11.4. The fourth-order valence-electron chi connectivity index (χ4n) is 2.10. The van der Waals surface area contributed by atoms with Gasteiger partial charge in [0.25, 0.3) is 0 Å². The van der Waals surface area contributed by atoms with Gasteiger partial charge in [0.1, 0.15) is 7.26 Å². The molecule has 0 aliphatic heterocycles. The molecule has 0 aliphatic rings. The van der Waals surface area contributed by atoms with Crippen LogP contribution >= 0.6 is 7.26 Å². The Labute approximate surface area is 105 Å². The average molecular weight is 271 g/mol. The van der Waals surface area contributed by atoms with Crippen LogP contribution in [0.15, 0.2) is 0 Å². The summed E-state index contributed by atoms with van der Waals surface area (Å²) in [7, 11) is -2.73. The van der Waals surface area contributed by atoms with Gasteiger partial charge in [-0.1, -0.05) is 40.0 Å². The van der Waals surface area contributed by atoms with Crippen molar-refractivity contribution in [1.82, 2.24) is 0 Å². The minimum atomic E-state index is -3.92. The Kier molecular flexibility index (Phi) is 8.45. The van der Waals surface area contributed by atoms with Crippen LogP contribution in [0.3, 0.4) is 0 Å². The van der Waals surface area contributed by atoms with Gasteiger partial charge < -0.3 is 0 Å². The van der Waals surface area contributed by atoms with Crippen molar-refractivity contribution in [3.63, 3.8) is 0 Å². The number of alkyl halides is 3. The molecule has 0 saturated heterocycles. The summed E-state index contributed by atoms with van der Waals surface area (Å²) in [6, 6.07) is 0. The van der Waals surface area contributed by atoms with Crippen molar-refractivity contribution in [1.29, 1.82) is 0 Å². The third-order valence-corrected chi connectivity index (χ3v) is 7.95. The molecule has 104 valence electrons. The molecule has 0 atom stereocenters. The Balaban J connectivity index is 4.78. The predicted molar refractivity (Wildman–Crippen MR) is 72.3 cm³/mol. The smallest absolute Gasteiger partial charge is 0.135 e. The molecule has 0 aromatic heterocycles. The highest BCUT2D eigenvalue weighted by Crippen LogP contribution is 2.72. The number of rotatable bonds is 9. The highest BCUT2D eigenvalue weighted by atomic mass is 31.2. The standard InChI is InChI=1S/C13H27F3P/c1-4-7-10-17(11-8-5-2,12-9-6-3)13(14,15)16/h4-12H2,1-3H3/q+1. The molecule has 0 saturated carbocycles. The maximum atomic E-state index is 13.4. The first-order valence-corrected chi connectivity index (χ1v) is 9.21. The number of halogens is 3. The SMILES string of the molecule is CCCC[P+](CCCC)(CCCC)C(F)(F)F. The summed E-state index contributed by atoms with van der Waals surface area (Å²) in [5, 5.41) is 0. The van der Waals surface area contributed by atoms with Crippen LogP contribution in [-0.2, 0) is 0 Å². The molecule has 0 fully saturated rings. The largest absolute Gasteiger partial charge is 0.508 e. The molecule has 0 unspecified atom stereocenters. The van der Waals surface area contributed by atoms with Gasteiger partial charge in [-0.25, -0.2) is 0 Å². The van der Waals surface area contributed by atoms with Gasteiger partial charge in [0.05, 0.1) is 18.5 Å². The molecule has 0 aliphatic carbocycles. The van der Waals surface area contributed by atoms with Crippen LogP contribution in [0.2, 0.25) is 0 Å². The first-order valence-electron chi connectivity index (χ1n) is 6.86. The Morgan fingerprint density at radius 3 is 1.18 bits per heavy atom. The van der Waals surface area contributed by atoms with Gasteiger partial charge in [-0.15, -0.1) is 13.2 Å². The number of hydrogen-bond donors (Lipinski definition) is 0. The van der Waals surface area contributed by atoms with Gasteiger partial charge in [-0.2, -0.15) is 0 Å². The van der Waals surface area contributed by atoms with E-state index in [1.807, 2.05) is 20.8 Å². The summed E-state index contributed by atoms with van der Waals surface area (Å²) in [4.78, 5) is 0. The van der Waals surface area contributed by atoms with Gasteiger partial charge in [0, 0.05) is 0 Å². The maximum absolute atomic E-state index is 13.4. The van der Waals surface area contributed by atoms with Crippen LogP contribution in [0.1, 0.15) is 59.3 Å². The second kappa shape index (κ2) is 8.34. The summed E-state index contributed by atoms with van der Waals surface area (Å²) in [6.45, 7) is 5.93. The van der Waals surface area contributed by atoms with Gasteiger partial charge >= 0.3 is 5.92 Å². The third-order valence-electron chi connectivity index (χ3n) is 3.36. The van der Waals surface area contributed by atoms with E-state index in [4.69, 9.17) is 0 Å². The third kappa shape index (κ3) is 5.59. The van der Waals surface area contributed by atoms with E-state index in [1.54, 1.807) is 0 Å². The fraction of sp³-hybridized carbons (Fsp3) is 1.00. The predicted octanol–water partition coefficient (Wildman–Crippen LogP) is 5.92. The van der Waals surface area contributed by atoms with Crippen molar-refractivity contribution in [3.8, 4) is 0 Å². The molecule has 0 amide bonds. The molecule has 0 spiro atoms. The van der Waals surface area contributed by atoms with Gasteiger partial charge in [0.15, 0.2) is 0 Å². The minimum Gasteiger partial charge on any atom is -0.135 e. The van der Waals surface area contributed by atoms with E-state index in [2.05, 4.69) is 0 Å². The van der Waals surface area contributed by atoms with E-state index < -0.39 is 13.2 Å². The van der Waals surface area contributed by atoms with Gasteiger partial charge in [0.2, 0.25) is 0 Å². The molecule has 0 bridgehead atoms. The van der Waals surface area contributed by atoms with Crippen LogP contribution in [0.4, 0.5) is 13.2 Å². The molecular weight excluding hydrogens is 244 g/mol. The van der Waals surface area contributed by atoms with Gasteiger partial charge in [-0.3, -0.25) is 0 Å². The summed E-state index contributed by atoms with van der Waals surface area (Å²) >= 11 is 0. The molecular formula is C13H27F3P+. The van der Waals surface area contributed by atoms with Gasteiger partial charge in [-0.05, 0) is 19.3 Å². The van der Waals surface area contributed by atoms with Crippen molar-refractivity contribution in [2.24, 2.45) is 0 Å². The van der Waals surface area contributed by atoms with E-state index in [0.29, 0.717) is 18.5 Å². The van der Waals surface area contributed by atoms with Crippen molar-refractivity contribution in [2.45, 2.75) is 65.2 Å². The van der Waals surface area contributed by atoms with Crippen LogP contribution in [-0.4, -0.2) is 24.4 Å². The number of hydrogen-bond acceptors (Lipinski definition) is 0. The van der Waals surface area contributed by atoms with Crippen molar-refractivity contribution in [3.05, 3.63) is 0 Å². The molecule has 0 aromatic carbocycles. The van der Waals surface area contributed by atoms with E-state index in [1.165, 1.54) is 0 Å². The first-order chi connectivity index (χ1) is 7.93. The molecule has 17 heavy (non-hydrogen) atoms. The topological polar surface area (TPSA) is 0 Å². The lowest BCUT2D eigenvalue weighted by Gasteiger charge is -2.28. The Morgan fingerprint density at radius 1 is 0.706 bits per heavy atom. The molecule has 0 nitrogen and oxygen atoms in total. The highest BCUT2D eigenvalue weighted by Gasteiger charge is 2.60. The Hall–Kier alpha value is 0.220. The summed E-state index contributed by atoms with van der Waals surface area (Å²) in [5.41, 5.74) is 0. The first kappa shape index (κ1) is 17.2. The monoisotopic (exact) mass is 271 g/mol. The summed E-state index contributed by atoms with van der Waals surface area (Å²) in [5.74, 6) is -3.92. The minimum absolute atomic E-state index is 0.424. The van der Waals surface area contributed by atoms with Crippen LogP contribution in [0.5, 0.6) is 0 Å². The van der Waals surface area contributed by atoms with Crippen LogP contribution in [0, 0.1) is 0 Å². The lowest BCUT2D eigenvalue weighted by atomic mass is 10.4. The average Bonchev–Trinajstić information content (AvgIpc) is 2.27. The zero-order chi connectivity index (χ0) is 13.4. The fourth-order valence-corrected chi connectivity index (χ4v) is 6.29. The molecule has 0 aromatic rings. The molecule has 0 heterocycles. The lowest BCUT2D eigenvalue weighted by molar-refractivity contribution is -0.0442. The van der Waals surface area contributed by atoms with E-state index in [9.17, 15) is 13.2 Å². The van der Waals surface area contributed by atoms with E-state index in [0.717, 1.165) is 38.5 Å². The Bertz CT molecular complexity index is 168. The second-order valence-corrected chi connectivity index (χ2v) is 8.98. The summed E-state index contributed by atoms with van der Waals surface area (Å²) in [6.07, 6.45) is 6.09. The maximum Gasteiger partial charge on any atom is 0.508 e. The van der Waals surface area contributed by atoms with Crippen LogP contribution < -0.4 is 0 Å². The molecule has 0 radical (unpaired) electrons. The lowest BCUT2D eigenvalue weighted by Crippen LogP contribution is -2.24. The normalized spacial score (nSPS) is 13.1. The zero-order valence-corrected chi connectivity index (χ0v) is 12.3. The second-order valence-electron chi connectivity index (χ2n) is 4.84. The molecule has 4 heteroatoms. The molecule has 0 rings (SSSR count). The van der Waals surface area contributed by atoms with Crippen molar-refractivity contribution >= 4 is 7.26 Å². The highest BCUT2D eigenvalue weighted by molar-refractivity contribution is 7.76. The Morgan fingerprint density at radius 2 is 1.00 bits per heavy atom. The van der Waals surface area contributed by atoms with E-state index in [-0.39, 0.29) is 0 Å². The molecule has 0 N–H and O–H groups in total. The number of unbranched alkanes of at least 4 members (excludes halogenated alkanes) is 3. The van der Waals surface area contributed by atoms with Crippen molar-refractivity contribution in [2.75, 3.05) is 18.5 Å². The van der Waals surface area contributed by atoms with Crippen LogP contribution in [0.25, 0.3) is 0 Å². The van der Waals surface area contributed by atoms with Crippen molar-refractivity contribution < 1.29 is 13.2 Å².